The first-order chi connectivity index (χ1) is 14.2. The SMILES string of the molecule is Cc1ccc(N2C(SCC(=O)Nc3c(C)cccc3C)=N[C@@H]3CS(=O)(=O)C[C@@H]32)cc1. The molecule has 0 radical (unpaired) electrons. The zero-order valence-electron chi connectivity index (χ0n) is 17.3. The normalized spacial score (nSPS) is 22.0. The Labute approximate surface area is 181 Å². The Morgan fingerprint density at radius 3 is 2.43 bits per heavy atom. The maximum absolute atomic E-state index is 12.6. The minimum Gasteiger partial charge on any atom is -0.325 e. The van der Waals surface area contributed by atoms with Gasteiger partial charge in [-0.3, -0.25) is 9.79 Å². The molecule has 0 bridgehead atoms. The molecule has 2 aliphatic heterocycles. The fraction of sp³-hybridized carbons (Fsp3) is 0.364. The van der Waals surface area contributed by atoms with Gasteiger partial charge in [-0.1, -0.05) is 47.7 Å². The molecule has 8 heteroatoms. The van der Waals surface area contributed by atoms with Crippen molar-refractivity contribution < 1.29 is 13.2 Å². The zero-order valence-corrected chi connectivity index (χ0v) is 18.9. The van der Waals surface area contributed by atoms with Crippen molar-refractivity contribution in [2.24, 2.45) is 4.99 Å². The first kappa shape index (κ1) is 20.9. The van der Waals surface area contributed by atoms with E-state index in [1.165, 1.54) is 11.8 Å². The van der Waals surface area contributed by atoms with Crippen LogP contribution in [0.25, 0.3) is 0 Å². The lowest BCUT2D eigenvalue weighted by molar-refractivity contribution is -0.113. The molecule has 1 saturated heterocycles. The highest BCUT2D eigenvalue weighted by atomic mass is 32.2. The van der Waals surface area contributed by atoms with Crippen LogP contribution >= 0.6 is 11.8 Å². The number of fused-ring (bicyclic) bond motifs is 1. The lowest BCUT2D eigenvalue weighted by Gasteiger charge is -2.26. The van der Waals surface area contributed by atoms with Crippen LogP contribution in [0.2, 0.25) is 0 Å². The highest BCUT2D eigenvalue weighted by Crippen LogP contribution is 2.35. The molecule has 2 aliphatic rings. The Bertz CT molecular complexity index is 1090. The molecule has 0 aromatic heterocycles. The fourth-order valence-electron chi connectivity index (χ4n) is 3.96. The molecule has 0 aliphatic carbocycles. The number of hydrogen-bond donors (Lipinski definition) is 1. The van der Waals surface area contributed by atoms with Crippen LogP contribution in [0.3, 0.4) is 0 Å². The molecule has 30 heavy (non-hydrogen) atoms. The molecule has 1 N–H and O–H groups in total. The van der Waals surface area contributed by atoms with E-state index in [1.54, 1.807) is 0 Å². The number of nitrogens with zero attached hydrogens (tertiary/aromatic N) is 2. The Balaban J connectivity index is 1.51. The second-order valence-electron chi connectivity index (χ2n) is 7.93. The van der Waals surface area contributed by atoms with E-state index >= 15 is 0 Å². The van der Waals surface area contributed by atoms with E-state index in [4.69, 9.17) is 0 Å². The number of amides is 1. The van der Waals surface area contributed by atoms with Gasteiger partial charge in [-0.25, -0.2) is 8.42 Å². The second-order valence-corrected chi connectivity index (χ2v) is 11.0. The number of amidine groups is 1. The van der Waals surface area contributed by atoms with E-state index in [0.717, 1.165) is 28.1 Å². The van der Waals surface area contributed by atoms with Gasteiger partial charge in [-0.15, -0.1) is 0 Å². The number of para-hydroxylation sites is 1. The highest BCUT2D eigenvalue weighted by molar-refractivity contribution is 8.14. The molecule has 158 valence electrons. The van der Waals surface area contributed by atoms with E-state index in [9.17, 15) is 13.2 Å². The lowest BCUT2D eigenvalue weighted by Crippen LogP contribution is -2.39. The van der Waals surface area contributed by atoms with Crippen LogP contribution in [0.15, 0.2) is 47.5 Å². The van der Waals surface area contributed by atoms with Crippen molar-refractivity contribution >= 4 is 44.0 Å². The monoisotopic (exact) mass is 443 g/mol. The molecule has 6 nitrogen and oxygen atoms in total. The summed E-state index contributed by atoms with van der Waals surface area (Å²) in [6.07, 6.45) is 0. The third kappa shape index (κ3) is 4.25. The smallest absolute Gasteiger partial charge is 0.234 e. The summed E-state index contributed by atoms with van der Waals surface area (Å²) in [7, 11) is -3.10. The average Bonchev–Trinajstić information content (AvgIpc) is 3.15. The van der Waals surface area contributed by atoms with Gasteiger partial charge in [0.15, 0.2) is 15.0 Å². The first-order valence-electron chi connectivity index (χ1n) is 9.86. The molecular formula is C22H25N3O3S2. The minimum atomic E-state index is -3.10. The Morgan fingerprint density at radius 1 is 1.10 bits per heavy atom. The Hall–Kier alpha value is -2.32. The maximum Gasteiger partial charge on any atom is 0.234 e. The van der Waals surface area contributed by atoms with Crippen LogP contribution in [-0.2, 0) is 14.6 Å². The van der Waals surface area contributed by atoms with Gasteiger partial charge < -0.3 is 10.2 Å². The maximum atomic E-state index is 12.6. The van der Waals surface area contributed by atoms with Gasteiger partial charge in [0, 0.05) is 11.4 Å². The van der Waals surface area contributed by atoms with Crippen molar-refractivity contribution in [2.45, 2.75) is 32.9 Å². The van der Waals surface area contributed by atoms with Crippen molar-refractivity contribution in [1.82, 2.24) is 0 Å². The van der Waals surface area contributed by atoms with Gasteiger partial charge in [-0.05, 0) is 44.0 Å². The van der Waals surface area contributed by atoms with E-state index in [0.29, 0.717) is 5.17 Å². The zero-order chi connectivity index (χ0) is 21.5. The number of nitrogens with one attached hydrogen (secondary N) is 1. The number of benzene rings is 2. The van der Waals surface area contributed by atoms with Gasteiger partial charge in [-0.2, -0.15) is 0 Å². The summed E-state index contributed by atoms with van der Waals surface area (Å²) < 4.78 is 24.3. The first-order valence-corrected chi connectivity index (χ1v) is 12.7. The van der Waals surface area contributed by atoms with Crippen LogP contribution in [0.5, 0.6) is 0 Å². The second kappa shape index (κ2) is 8.07. The summed E-state index contributed by atoms with van der Waals surface area (Å²) in [5.74, 6) is 0.265. The predicted octanol–water partition coefficient (Wildman–Crippen LogP) is 3.33. The van der Waals surface area contributed by atoms with Crippen molar-refractivity contribution in [3.05, 3.63) is 59.2 Å². The third-order valence-corrected chi connectivity index (χ3v) is 8.16. The van der Waals surface area contributed by atoms with E-state index in [-0.39, 0.29) is 35.2 Å². The Kier molecular flexibility index (Phi) is 5.63. The number of hydrogen-bond acceptors (Lipinski definition) is 6. The van der Waals surface area contributed by atoms with Gasteiger partial charge >= 0.3 is 0 Å². The van der Waals surface area contributed by atoms with Crippen LogP contribution < -0.4 is 10.2 Å². The summed E-state index contributed by atoms with van der Waals surface area (Å²) in [4.78, 5) is 19.3. The minimum absolute atomic E-state index is 0.0681. The van der Waals surface area contributed by atoms with Crippen molar-refractivity contribution in [2.75, 3.05) is 27.5 Å². The molecule has 1 fully saturated rings. The molecule has 2 aromatic carbocycles. The molecule has 2 aromatic rings. The summed E-state index contributed by atoms with van der Waals surface area (Å²) in [5.41, 5.74) is 4.93. The number of thioether (sulfide) groups is 1. The van der Waals surface area contributed by atoms with E-state index in [2.05, 4.69) is 10.3 Å². The quantitative estimate of drug-likeness (QED) is 0.784. The standard InChI is InChI=1S/C22H25N3O3S2/c1-14-7-9-17(10-8-14)25-19-13-30(27,28)12-18(19)23-22(25)29-11-20(26)24-21-15(2)5-4-6-16(21)3/h4-10,18-19H,11-13H2,1-3H3,(H,24,26)/t18-,19+/m1/s1. The number of carbonyl (C=O) groups excluding carboxylic acids is 1. The summed E-state index contributed by atoms with van der Waals surface area (Å²) in [6.45, 7) is 5.95. The van der Waals surface area contributed by atoms with Crippen molar-refractivity contribution in [1.29, 1.82) is 0 Å². The molecule has 2 atom stereocenters. The Morgan fingerprint density at radius 2 is 1.77 bits per heavy atom. The molecule has 4 rings (SSSR count). The van der Waals surface area contributed by atoms with Gasteiger partial charge in [0.1, 0.15) is 0 Å². The number of carbonyl (C=O) groups is 1. The van der Waals surface area contributed by atoms with Crippen molar-refractivity contribution in [3.63, 3.8) is 0 Å². The largest absolute Gasteiger partial charge is 0.325 e. The fourth-order valence-corrected chi connectivity index (χ4v) is 6.72. The highest BCUT2D eigenvalue weighted by Gasteiger charge is 2.47. The lowest BCUT2D eigenvalue weighted by atomic mass is 10.1. The van der Waals surface area contributed by atoms with E-state index in [1.807, 2.05) is 68.1 Å². The van der Waals surface area contributed by atoms with Gasteiger partial charge in [0.05, 0.1) is 29.3 Å². The van der Waals surface area contributed by atoms with Gasteiger partial charge in [0.2, 0.25) is 5.91 Å². The third-order valence-electron chi connectivity index (χ3n) is 5.50. The molecule has 2 heterocycles. The molecule has 0 saturated carbocycles. The summed E-state index contributed by atoms with van der Waals surface area (Å²) in [6, 6.07) is 13.4. The molecular weight excluding hydrogens is 418 g/mol. The molecule has 0 spiro atoms. The molecule has 0 unspecified atom stereocenters. The predicted molar refractivity (Wildman–Crippen MR) is 124 cm³/mol. The molecule has 1 amide bonds. The van der Waals surface area contributed by atoms with Crippen molar-refractivity contribution in [3.8, 4) is 0 Å². The number of anilines is 2. The summed E-state index contributed by atoms with van der Waals surface area (Å²) >= 11 is 1.36. The summed E-state index contributed by atoms with van der Waals surface area (Å²) in [5, 5.41) is 3.71. The van der Waals surface area contributed by atoms with Crippen LogP contribution in [-0.4, -0.2) is 48.8 Å². The average molecular weight is 444 g/mol. The number of sulfone groups is 1. The van der Waals surface area contributed by atoms with E-state index < -0.39 is 9.84 Å². The topological polar surface area (TPSA) is 78.8 Å². The number of aryl methyl sites for hydroxylation is 3. The number of aliphatic imine (C=N–C) groups is 1. The van der Waals surface area contributed by atoms with Crippen LogP contribution in [0.1, 0.15) is 16.7 Å². The van der Waals surface area contributed by atoms with Gasteiger partial charge in [0.25, 0.3) is 0 Å². The van der Waals surface area contributed by atoms with Crippen LogP contribution in [0, 0.1) is 20.8 Å². The van der Waals surface area contributed by atoms with Crippen LogP contribution in [0.4, 0.5) is 11.4 Å². The number of rotatable bonds is 4.